The molecule has 0 spiro atoms. The monoisotopic (exact) mass is 350 g/mol. The van der Waals surface area contributed by atoms with Gasteiger partial charge in [-0.15, -0.1) is 0 Å². The van der Waals surface area contributed by atoms with Gasteiger partial charge in [-0.3, -0.25) is 9.78 Å². The molecule has 1 aromatic heterocycles. The Hall–Kier alpha value is -2.56. The van der Waals surface area contributed by atoms with Crippen LogP contribution in [0.4, 0.5) is 17.1 Å². The molecule has 2 aliphatic heterocycles. The Bertz CT molecular complexity index is 747. The van der Waals surface area contributed by atoms with Crippen LogP contribution < -0.4 is 10.2 Å². The number of carbonyl (C=O) groups is 1. The molecule has 0 unspecified atom stereocenters. The van der Waals surface area contributed by atoms with Crippen LogP contribution in [0.5, 0.6) is 0 Å². The summed E-state index contributed by atoms with van der Waals surface area (Å²) in [4.78, 5) is 21.1. The second-order valence-electron chi connectivity index (χ2n) is 7.18. The molecular formula is C21H26N4O. The molecule has 136 valence electrons. The van der Waals surface area contributed by atoms with Crippen molar-refractivity contribution >= 4 is 23.0 Å². The third-order valence-corrected chi connectivity index (χ3v) is 5.26. The predicted octanol–water partition coefficient (Wildman–Crippen LogP) is 4.05. The largest absolute Gasteiger partial charge is 0.372 e. The second-order valence-corrected chi connectivity index (χ2v) is 7.18. The Morgan fingerprint density at radius 2 is 1.54 bits per heavy atom. The van der Waals surface area contributed by atoms with Crippen molar-refractivity contribution in [2.75, 3.05) is 36.4 Å². The number of aromatic nitrogens is 1. The maximum absolute atomic E-state index is 12.5. The van der Waals surface area contributed by atoms with Gasteiger partial charge in [-0.1, -0.05) is 0 Å². The Labute approximate surface area is 155 Å². The van der Waals surface area contributed by atoms with Gasteiger partial charge in [0.1, 0.15) is 0 Å². The maximum Gasteiger partial charge on any atom is 0.255 e. The molecule has 1 aromatic carbocycles. The van der Waals surface area contributed by atoms with Crippen molar-refractivity contribution in [3.05, 3.63) is 48.3 Å². The molecular weight excluding hydrogens is 324 g/mol. The quantitative estimate of drug-likeness (QED) is 0.904. The van der Waals surface area contributed by atoms with Crippen molar-refractivity contribution in [3.63, 3.8) is 0 Å². The fourth-order valence-corrected chi connectivity index (χ4v) is 3.80. The number of hydrogen-bond donors (Lipinski definition) is 1. The molecule has 4 rings (SSSR count). The van der Waals surface area contributed by atoms with Crippen LogP contribution in [0.25, 0.3) is 0 Å². The number of likely N-dealkylation sites (tertiary alicyclic amines) is 1. The summed E-state index contributed by atoms with van der Waals surface area (Å²) >= 11 is 0. The van der Waals surface area contributed by atoms with Gasteiger partial charge in [-0.2, -0.15) is 0 Å². The number of carbonyl (C=O) groups excluding carboxylic acids is 1. The van der Waals surface area contributed by atoms with Crippen molar-refractivity contribution in [1.29, 1.82) is 0 Å². The van der Waals surface area contributed by atoms with Gasteiger partial charge < -0.3 is 15.1 Å². The molecule has 0 saturated carbocycles. The van der Waals surface area contributed by atoms with Gasteiger partial charge in [-0.25, -0.2) is 0 Å². The Balaban J connectivity index is 1.43. The van der Waals surface area contributed by atoms with E-state index in [1.54, 1.807) is 12.4 Å². The molecule has 2 aromatic rings. The van der Waals surface area contributed by atoms with Crippen molar-refractivity contribution in [3.8, 4) is 0 Å². The zero-order chi connectivity index (χ0) is 17.8. The molecule has 2 fully saturated rings. The first-order valence-corrected chi connectivity index (χ1v) is 9.66. The third kappa shape index (κ3) is 3.82. The maximum atomic E-state index is 12.5. The molecule has 0 bridgehead atoms. The number of benzene rings is 1. The summed E-state index contributed by atoms with van der Waals surface area (Å²) < 4.78 is 0. The van der Waals surface area contributed by atoms with Gasteiger partial charge in [0, 0.05) is 43.8 Å². The molecule has 0 radical (unpaired) electrons. The van der Waals surface area contributed by atoms with Crippen LogP contribution in [0.1, 0.15) is 42.5 Å². The average molecular weight is 350 g/mol. The van der Waals surface area contributed by atoms with Crippen LogP contribution in [0.15, 0.2) is 42.7 Å². The van der Waals surface area contributed by atoms with E-state index in [9.17, 15) is 4.79 Å². The van der Waals surface area contributed by atoms with Gasteiger partial charge in [0.05, 0.1) is 17.4 Å². The topological polar surface area (TPSA) is 48.5 Å². The fourth-order valence-electron chi connectivity index (χ4n) is 3.80. The Kier molecular flexibility index (Phi) is 5.04. The van der Waals surface area contributed by atoms with E-state index >= 15 is 0 Å². The van der Waals surface area contributed by atoms with E-state index in [0.29, 0.717) is 5.56 Å². The molecule has 5 heteroatoms. The number of pyridine rings is 1. The van der Waals surface area contributed by atoms with Gasteiger partial charge in [0.2, 0.25) is 0 Å². The lowest BCUT2D eigenvalue weighted by Crippen LogP contribution is -2.29. The number of anilines is 3. The van der Waals surface area contributed by atoms with Crippen molar-refractivity contribution in [2.45, 2.75) is 32.1 Å². The van der Waals surface area contributed by atoms with Crippen LogP contribution in [-0.2, 0) is 0 Å². The number of nitrogens with zero attached hydrogens (tertiary/aromatic N) is 3. The van der Waals surface area contributed by atoms with E-state index in [0.717, 1.165) is 50.4 Å². The molecule has 5 nitrogen and oxygen atoms in total. The van der Waals surface area contributed by atoms with E-state index in [2.05, 4.69) is 39.5 Å². The third-order valence-electron chi connectivity index (χ3n) is 5.26. The minimum absolute atomic E-state index is 0.0825. The zero-order valence-corrected chi connectivity index (χ0v) is 15.2. The molecule has 26 heavy (non-hydrogen) atoms. The van der Waals surface area contributed by atoms with Crippen LogP contribution in [0, 0.1) is 0 Å². The highest BCUT2D eigenvalue weighted by Crippen LogP contribution is 2.24. The number of hydrogen-bond acceptors (Lipinski definition) is 4. The first kappa shape index (κ1) is 16.9. The lowest BCUT2D eigenvalue weighted by atomic mass is 10.1. The van der Waals surface area contributed by atoms with Crippen LogP contribution >= 0.6 is 0 Å². The highest BCUT2D eigenvalue weighted by Gasteiger charge is 2.20. The summed E-state index contributed by atoms with van der Waals surface area (Å²) in [6.07, 6.45) is 9.52. The Morgan fingerprint density at radius 1 is 0.846 bits per heavy atom. The number of amides is 1. The van der Waals surface area contributed by atoms with E-state index < -0.39 is 0 Å². The molecule has 0 atom stereocenters. The van der Waals surface area contributed by atoms with Crippen LogP contribution in [-0.4, -0.2) is 42.0 Å². The highest BCUT2D eigenvalue weighted by molar-refractivity contribution is 5.95. The normalized spacial score (nSPS) is 17.4. The SMILES string of the molecule is O=C(c1cncc(Nc2ccc(N3CCCCC3)cc2)c1)N1CCCC1. The number of piperidine rings is 1. The molecule has 3 heterocycles. The minimum atomic E-state index is 0.0825. The summed E-state index contributed by atoms with van der Waals surface area (Å²) in [6, 6.07) is 10.4. The highest BCUT2D eigenvalue weighted by atomic mass is 16.2. The summed E-state index contributed by atoms with van der Waals surface area (Å²) in [5.41, 5.74) is 3.80. The summed E-state index contributed by atoms with van der Waals surface area (Å²) in [5, 5.41) is 3.37. The molecule has 1 amide bonds. The van der Waals surface area contributed by atoms with E-state index in [1.807, 2.05) is 11.0 Å². The molecule has 2 saturated heterocycles. The smallest absolute Gasteiger partial charge is 0.255 e. The number of rotatable bonds is 4. The van der Waals surface area contributed by atoms with Gasteiger partial charge in [0.15, 0.2) is 0 Å². The van der Waals surface area contributed by atoms with E-state index in [4.69, 9.17) is 0 Å². The first-order chi connectivity index (χ1) is 12.8. The van der Waals surface area contributed by atoms with Gasteiger partial charge >= 0.3 is 0 Å². The molecule has 0 aliphatic carbocycles. The molecule has 2 aliphatic rings. The fraction of sp³-hybridized carbons (Fsp3) is 0.429. The average Bonchev–Trinajstić information content (AvgIpc) is 3.24. The van der Waals surface area contributed by atoms with Gasteiger partial charge in [-0.05, 0) is 62.4 Å². The van der Waals surface area contributed by atoms with E-state index in [1.165, 1.54) is 24.9 Å². The van der Waals surface area contributed by atoms with Crippen molar-refractivity contribution in [1.82, 2.24) is 9.88 Å². The standard InChI is InChI=1S/C21H26N4O/c26-21(25-12-4-5-13-25)17-14-19(16-22-15-17)23-18-6-8-20(9-7-18)24-10-2-1-3-11-24/h6-9,14-16,23H,1-5,10-13H2. The lowest BCUT2D eigenvalue weighted by Gasteiger charge is -2.28. The van der Waals surface area contributed by atoms with Gasteiger partial charge in [0.25, 0.3) is 5.91 Å². The van der Waals surface area contributed by atoms with Crippen LogP contribution in [0.2, 0.25) is 0 Å². The number of nitrogens with one attached hydrogen (secondary N) is 1. The van der Waals surface area contributed by atoms with Crippen molar-refractivity contribution < 1.29 is 4.79 Å². The van der Waals surface area contributed by atoms with Crippen molar-refractivity contribution in [2.24, 2.45) is 0 Å². The summed E-state index contributed by atoms with van der Waals surface area (Å²) in [7, 11) is 0. The summed E-state index contributed by atoms with van der Waals surface area (Å²) in [5.74, 6) is 0.0825. The second kappa shape index (κ2) is 7.77. The lowest BCUT2D eigenvalue weighted by molar-refractivity contribution is 0.0792. The minimum Gasteiger partial charge on any atom is -0.372 e. The summed E-state index contributed by atoms with van der Waals surface area (Å²) in [6.45, 7) is 4.01. The van der Waals surface area contributed by atoms with E-state index in [-0.39, 0.29) is 5.91 Å². The first-order valence-electron chi connectivity index (χ1n) is 9.66. The van der Waals surface area contributed by atoms with Crippen LogP contribution in [0.3, 0.4) is 0 Å². The molecule has 1 N–H and O–H groups in total. The zero-order valence-electron chi connectivity index (χ0n) is 15.2. The Morgan fingerprint density at radius 3 is 2.27 bits per heavy atom. The predicted molar refractivity (Wildman–Crippen MR) is 105 cm³/mol.